The van der Waals surface area contributed by atoms with Crippen molar-refractivity contribution in [1.29, 1.82) is 5.26 Å². The fourth-order valence-electron chi connectivity index (χ4n) is 3.76. The van der Waals surface area contributed by atoms with Gasteiger partial charge in [0.25, 0.3) is 0 Å². The molecular formula is C23H28N2O3. The van der Waals surface area contributed by atoms with Gasteiger partial charge in [0.1, 0.15) is 29.3 Å². The second-order valence-electron chi connectivity index (χ2n) is 9.51. The SMILES string of the molecule is CC(C)(C)C(=O)C1=C(C(C)(C)C)OC(N)=C(C#N)C1C1Cc2ccccc2O1. The monoisotopic (exact) mass is 380 g/mol. The van der Waals surface area contributed by atoms with Crippen LogP contribution in [0.3, 0.4) is 0 Å². The van der Waals surface area contributed by atoms with Gasteiger partial charge < -0.3 is 15.2 Å². The molecule has 0 radical (unpaired) electrons. The van der Waals surface area contributed by atoms with E-state index in [1.807, 2.05) is 65.8 Å². The van der Waals surface area contributed by atoms with Crippen LogP contribution in [0, 0.1) is 28.1 Å². The third kappa shape index (κ3) is 3.40. The molecule has 0 bridgehead atoms. The Balaban J connectivity index is 2.19. The molecule has 0 aliphatic carbocycles. The third-order valence-electron chi connectivity index (χ3n) is 5.12. The fourth-order valence-corrected chi connectivity index (χ4v) is 3.76. The second kappa shape index (κ2) is 6.70. The van der Waals surface area contributed by atoms with Crippen molar-refractivity contribution in [2.45, 2.75) is 54.1 Å². The molecule has 0 spiro atoms. The number of ketones is 1. The maximum absolute atomic E-state index is 13.5. The zero-order valence-corrected chi connectivity index (χ0v) is 17.4. The number of Topliss-reactive ketones (excluding diaryl/α,β-unsaturated/α-hetero) is 1. The van der Waals surface area contributed by atoms with Crippen LogP contribution in [0.5, 0.6) is 5.75 Å². The van der Waals surface area contributed by atoms with Crippen LogP contribution in [-0.4, -0.2) is 11.9 Å². The van der Waals surface area contributed by atoms with Gasteiger partial charge in [-0.2, -0.15) is 5.26 Å². The van der Waals surface area contributed by atoms with Crippen LogP contribution in [-0.2, 0) is 16.0 Å². The van der Waals surface area contributed by atoms with Crippen molar-refractivity contribution in [2.24, 2.45) is 22.5 Å². The average Bonchev–Trinajstić information content (AvgIpc) is 3.02. The van der Waals surface area contributed by atoms with Crippen LogP contribution >= 0.6 is 0 Å². The summed E-state index contributed by atoms with van der Waals surface area (Å²) < 4.78 is 12.1. The van der Waals surface area contributed by atoms with Crippen LogP contribution in [0.2, 0.25) is 0 Å². The number of nitrogens with zero attached hydrogens (tertiary/aromatic N) is 1. The maximum atomic E-state index is 13.5. The van der Waals surface area contributed by atoms with Crippen LogP contribution in [0.1, 0.15) is 47.1 Å². The van der Waals surface area contributed by atoms with Crippen molar-refractivity contribution in [3.8, 4) is 11.8 Å². The van der Waals surface area contributed by atoms with Crippen LogP contribution < -0.4 is 10.5 Å². The van der Waals surface area contributed by atoms with Crippen molar-refractivity contribution >= 4 is 5.78 Å². The molecule has 0 saturated carbocycles. The van der Waals surface area contributed by atoms with Crippen LogP contribution in [0.25, 0.3) is 0 Å². The van der Waals surface area contributed by atoms with Gasteiger partial charge in [0, 0.05) is 22.8 Å². The van der Waals surface area contributed by atoms with Crippen molar-refractivity contribution in [3.63, 3.8) is 0 Å². The molecule has 5 heteroatoms. The summed E-state index contributed by atoms with van der Waals surface area (Å²) in [6.07, 6.45) is 0.227. The number of fused-ring (bicyclic) bond motifs is 1. The topological polar surface area (TPSA) is 85.3 Å². The van der Waals surface area contributed by atoms with Crippen molar-refractivity contribution in [1.82, 2.24) is 0 Å². The van der Waals surface area contributed by atoms with E-state index in [9.17, 15) is 10.1 Å². The minimum Gasteiger partial charge on any atom is -0.489 e. The Labute approximate surface area is 166 Å². The first-order chi connectivity index (χ1) is 12.9. The summed E-state index contributed by atoms with van der Waals surface area (Å²) in [5.41, 5.74) is 6.89. The van der Waals surface area contributed by atoms with Gasteiger partial charge in [-0.05, 0) is 11.6 Å². The van der Waals surface area contributed by atoms with Gasteiger partial charge in [0.05, 0.1) is 5.92 Å². The van der Waals surface area contributed by atoms with E-state index in [4.69, 9.17) is 15.2 Å². The molecule has 28 heavy (non-hydrogen) atoms. The highest BCUT2D eigenvalue weighted by Gasteiger charge is 2.47. The number of rotatable bonds is 2. The number of nitrogens with two attached hydrogens (primary N) is 1. The Kier molecular flexibility index (Phi) is 4.79. The summed E-state index contributed by atoms with van der Waals surface area (Å²) in [5, 5.41) is 9.84. The van der Waals surface area contributed by atoms with Gasteiger partial charge in [0.2, 0.25) is 5.88 Å². The third-order valence-corrected chi connectivity index (χ3v) is 5.12. The summed E-state index contributed by atoms with van der Waals surface area (Å²) in [4.78, 5) is 13.5. The molecule has 2 N–H and O–H groups in total. The van der Waals surface area contributed by atoms with E-state index in [0.717, 1.165) is 11.3 Å². The van der Waals surface area contributed by atoms with Crippen molar-refractivity contribution in [2.75, 3.05) is 0 Å². The molecule has 0 saturated heterocycles. The lowest BCUT2D eigenvalue weighted by Gasteiger charge is -2.37. The molecule has 3 rings (SSSR count). The van der Waals surface area contributed by atoms with Crippen LogP contribution in [0.4, 0.5) is 0 Å². The zero-order chi connectivity index (χ0) is 20.9. The normalized spacial score (nSPS) is 22.3. The smallest absolute Gasteiger partial charge is 0.204 e. The van der Waals surface area contributed by atoms with Crippen molar-refractivity contribution in [3.05, 3.63) is 52.6 Å². The van der Waals surface area contributed by atoms with Gasteiger partial charge in [-0.25, -0.2) is 0 Å². The largest absolute Gasteiger partial charge is 0.489 e. The van der Waals surface area contributed by atoms with Gasteiger partial charge in [-0.1, -0.05) is 59.7 Å². The summed E-state index contributed by atoms with van der Waals surface area (Å²) in [7, 11) is 0. The quantitative estimate of drug-likeness (QED) is 0.829. The van der Waals surface area contributed by atoms with E-state index < -0.39 is 16.7 Å². The predicted octanol–water partition coefficient (Wildman–Crippen LogP) is 4.25. The molecule has 2 unspecified atom stereocenters. The fraction of sp³-hybridized carbons (Fsp3) is 0.478. The number of para-hydroxylation sites is 1. The molecule has 0 amide bonds. The zero-order valence-electron chi connectivity index (χ0n) is 17.4. The number of benzene rings is 1. The van der Waals surface area contributed by atoms with E-state index in [1.165, 1.54) is 0 Å². The number of carbonyl (C=O) groups excluding carboxylic acids is 1. The highest BCUT2D eigenvalue weighted by molar-refractivity contribution is 6.01. The highest BCUT2D eigenvalue weighted by atomic mass is 16.5. The standard InChI is InChI=1S/C23H28N2O3/c1-22(2,3)19(26)18-17(16-11-13-9-7-8-10-15(13)27-16)14(12-24)21(25)28-20(18)23(4,5)6/h7-10,16-17H,11,25H2,1-6H3. The molecule has 0 aromatic heterocycles. The van der Waals surface area contributed by atoms with Gasteiger partial charge in [-0.3, -0.25) is 4.79 Å². The second-order valence-corrected chi connectivity index (χ2v) is 9.51. The maximum Gasteiger partial charge on any atom is 0.204 e. The van der Waals surface area contributed by atoms with E-state index in [-0.39, 0.29) is 23.3 Å². The molecule has 2 aliphatic rings. The lowest BCUT2D eigenvalue weighted by Crippen LogP contribution is -2.41. The first kappa shape index (κ1) is 20.0. The van der Waals surface area contributed by atoms with Gasteiger partial charge in [-0.15, -0.1) is 0 Å². The molecule has 2 atom stereocenters. The molecular weight excluding hydrogens is 352 g/mol. The molecule has 2 heterocycles. The Bertz CT molecular complexity index is 895. The molecule has 2 aliphatic heterocycles. The summed E-state index contributed by atoms with van der Waals surface area (Å²) in [6, 6.07) is 9.97. The van der Waals surface area contributed by atoms with E-state index in [2.05, 4.69) is 6.07 Å². The average molecular weight is 380 g/mol. The Morgan fingerprint density at radius 2 is 1.82 bits per heavy atom. The minimum absolute atomic E-state index is 0.0535. The molecule has 1 aromatic rings. The first-order valence-corrected chi connectivity index (χ1v) is 9.56. The number of carbonyl (C=O) groups is 1. The first-order valence-electron chi connectivity index (χ1n) is 9.56. The molecule has 148 valence electrons. The highest BCUT2D eigenvalue weighted by Crippen LogP contribution is 2.46. The van der Waals surface area contributed by atoms with E-state index in [1.54, 1.807) is 0 Å². The number of hydrogen-bond donors (Lipinski definition) is 1. The molecule has 0 fully saturated rings. The van der Waals surface area contributed by atoms with Crippen molar-refractivity contribution < 1.29 is 14.3 Å². The van der Waals surface area contributed by atoms with E-state index in [0.29, 0.717) is 17.8 Å². The summed E-state index contributed by atoms with van der Waals surface area (Å²) >= 11 is 0. The minimum atomic E-state index is -0.633. The lowest BCUT2D eigenvalue weighted by molar-refractivity contribution is -0.123. The molecule has 1 aromatic carbocycles. The molecule has 5 nitrogen and oxygen atoms in total. The van der Waals surface area contributed by atoms with Gasteiger partial charge >= 0.3 is 0 Å². The van der Waals surface area contributed by atoms with Crippen LogP contribution in [0.15, 0.2) is 47.1 Å². The Morgan fingerprint density at radius 3 is 2.36 bits per heavy atom. The number of ether oxygens (including phenoxy) is 2. The summed E-state index contributed by atoms with van der Waals surface area (Å²) in [5.74, 6) is 0.750. The Hall–Kier alpha value is -2.74. The lowest BCUT2D eigenvalue weighted by atomic mass is 9.72. The Morgan fingerprint density at radius 1 is 1.18 bits per heavy atom. The number of allylic oxidation sites excluding steroid dienone is 1. The number of nitriles is 1. The summed E-state index contributed by atoms with van der Waals surface area (Å²) in [6.45, 7) is 11.5. The van der Waals surface area contributed by atoms with Gasteiger partial charge in [0.15, 0.2) is 5.78 Å². The van der Waals surface area contributed by atoms with E-state index >= 15 is 0 Å². The predicted molar refractivity (Wildman–Crippen MR) is 107 cm³/mol. The number of hydrogen-bond acceptors (Lipinski definition) is 5.